The van der Waals surface area contributed by atoms with Crippen LogP contribution in [-0.4, -0.2) is 41.9 Å². The van der Waals surface area contributed by atoms with Crippen LogP contribution in [0.3, 0.4) is 0 Å². The lowest BCUT2D eigenvalue weighted by Gasteiger charge is -2.38. The summed E-state index contributed by atoms with van der Waals surface area (Å²) >= 11 is 0. The Kier molecular flexibility index (Phi) is 5.26. The topological polar surface area (TPSA) is 60.2 Å². The van der Waals surface area contributed by atoms with E-state index in [1.165, 1.54) is 12.1 Å². The standard InChI is InChI=1S/C14H19N2O3.HI/c1-4-16(2,3)13-8-6-10-5-7-11(15(18)19)9-12(10)14(13)17;/h5,7,9,13H,4,6,8H2,1-3H3;1H/q+1;/p-1. The summed E-state index contributed by atoms with van der Waals surface area (Å²) in [5.41, 5.74) is 1.46. The number of quaternary nitrogens is 1. The number of rotatable bonds is 3. The van der Waals surface area contributed by atoms with Gasteiger partial charge in [0.05, 0.1) is 25.6 Å². The van der Waals surface area contributed by atoms with E-state index in [0.29, 0.717) is 10.0 Å². The number of carbonyl (C=O) groups excluding carboxylic acids is 1. The number of non-ortho nitro benzene ring substituents is 1. The van der Waals surface area contributed by atoms with Gasteiger partial charge >= 0.3 is 0 Å². The Hall–Kier alpha value is -1.02. The molecule has 5 nitrogen and oxygen atoms in total. The molecule has 1 aromatic carbocycles. The summed E-state index contributed by atoms with van der Waals surface area (Å²) < 4.78 is 0.626. The van der Waals surface area contributed by atoms with Crippen molar-refractivity contribution < 1.29 is 38.2 Å². The zero-order chi connectivity index (χ0) is 14.2. The van der Waals surface area contributed by atoms with Crippen molar-refractivity contribution in [1.82, 2.24) is 0 Å². The maximum Gasteiger partial charge on any atom is 0.270 e. The van der Waals surface area contributed by atoms with Gasteiger partial charge in [0.25, 0.3) is 5.69 Å². The molecule has 20 heavy (non-hydrogen) atoms. The quantitative estimate of drug-likeness (QED) is 0.294. The van der Waals surface area contributed by atoms with E-state index in [1.54, 1.807) is 6.07 Å². The summed E-state index contributed by atoms with van der Waals surface area (Å²) in [6.07, 6.45) is 1.62. The third-order valence-electron chi connectivity index (χ3n) is 4.22. The smallest absolute Gasteiger partial charge is 0.270 e. The molecule has 0 fully saturated rings. The average molecular weight is 390 g/mol. The van der Waals surface area contributed by atoms with E-state index in [-0.39, 0.29) is 41.5 Å². The van der Waals surface area contributed by atoms with Crippen molar-refractivity contribution in [3.8, 4) is 0 Å². The highest BCUT2D eigenvalue weighted by molar-refractivity contribution is 6.02. The number of hydrogen-bond donors (Lipinski definition) is 0. The first-order valence-corrected chi connectivity index (χ1v) is 6.51. The lowest BCUT2D eigenvalue weighted by atomic mass is 9.85. The molecule has 0 amide bonds. The molecule has 0 radical (unpaired) electrons. The van der Waals surface area contributed by atoms with Gasteiger partial charge in [0.2, 0.25) is 5.78 Å². The molecule has 110 valence electrons. The molecule has 0 saturated carbocycles. The second kappa shape index (κ2) is 6.17. The summed E-state index contributed by atoms with van der Waals surface area (Å²) in [5, 5.41) is 10.8. The average Bonchev–Trinajstić information content (AvgIpc) is 2.38. The number of fused-ring (bicyclic) bond motifs is 1. The van der Waals surface area contributed by atoms with Crippen molar-refractivity contribution in [3.05, 3.63) is 39.4 Å². The first-order chi connectivity index (χ1) is 8.86. The molecule has 1 atom stereocenters. The van der Waals surface area contributed by atoms with Crippen LogP contribution in [0.4, 0.5) is 5.69 Å². The lowest BCUT2D eigenvalue weighted by molar-refractivity contribution is -0.904. The van der Waals surface area contributed by atoms with Crippen molar-refractivity contribution in [2.24, 2.45) is 0 Å². The lowest BCUT2D eigenvalue weighted by Crippen LogP contribution is -3.00. The Balaban J connectivity index is 0.00000200. The Bertz CT molecular complexity index is 543. The van der Waals surface area contributed by atoms with Gasteiger partial charge in [-0.3, -0.25) is 14.9 Å². The second-order valence-electron chi connectivity index (χ2n) is 5.61. The first-order valence-electron chi connectivity index (χ1n) is 6.51. The van der Waals surface area contributed by atoms with Crippen LogP contribution in [0.25, 0.3) is 0 Å². The van der Waals surface area contributed by atoms with Gasteiger partial charge in [-0.05, 0) is 18.9 Å². The maximum atomic E-state index is 12.6. The molecular weight excluding hydrogens is 371 g/mol. The number of nitro groups is 1. The third-order valence-corrected chi connectivity index (χ3v) is 4.22. The molecule has 0 aliphatic heterocycles. The van der Waals surface area contributed by atoms with Gasteiger partial charge in [-0.2, -0.15) is 0 Å². The van der Waals surface area contributed by atoms with Crippen molar-refractivity contribution in [1.29, 1.82) is 0 Å². The highest BCUT2D eigenvalue weighted by Crippen LogP contribution is 2.29. The molecule has 1 unspecified atom stereocenters. The molecule has 0 aromatic heterocycles. The number of nitro benzene ring substituents is 1. The molecule has 6 heteroatoms. The molecule has 0 N–H and O–H groups in total. The maximum absolute atomic E-state index is 12.6. The van der Waals surface area contributed by atoms with E-state index in [2.05, 4.69) is 6.92 Å². The number of halogens is 1. The summed E-state index contributed by atoms with van der Waals surface area (Å²) in [6.45, 7) is 2.91. The molecule has 1 aliphatic carbocycles. The number of carbonyl (C=O) groups is 1. The minimum absolute atomic E-state index is 0. The molecule has 0 heterocycles. The number of ketones is 1. The van der Waals surface area contributed by atoms with E-state index in [0.717, 1.165) is 24.9 Å². The largest absolute Gasteiger partial charge is 1.00 e. The van der Waals surface area contributed by atoms with Crippen molar-refractivity contribution >= 4 is 11.5 Å². The number of Topliss-reactive ketones (excluding diaryl/α,β-unsaturated/α-hetero) is 1. The van der Waals surface area contributed by atoms with Gasteiger partial charge in [-0.15, -0.1) is 0 Å². The van der Waals surface area contributed by atoms with E-state index in [9.17, 15) is 14.9 Å². The van der Waals surface area contributed by atoms with Gasteiger partial charge < -0.3 is 28.5 Å². The molecule has 1 aromatic rings. The zero-order valence-corrected chi connectivity index (χ0v) is 14.1. The summed E-state index contributed by atoms with van der Waals surface area (Å²) in [6, 6.07) is 4.53. The fourth-order valence-electron chi connectivity index (χ4n) is 2.62. The van der Waals surface area contributed by atoms with Crippen LogP contribution < -0.4 is 24.0 Å². The highest BCUT2D eigenvalue weighted by Gasteiger charge is 2.38. The number of nitrogens with zero attached hydrogens (tertiary/aromatic N) is 2. The van der Waals surface area contributed by atoms with Gasteiger partial charge in [0.1, 0.15) is 0 Å². The van der Waals surface area contributed by atoms with Crippen molar-refractivity contribution in [2.75, 3.05) is 20.6 Å². The van der Waals surface area contributed by atoms with Crippen LogP contribution in [0.15, 0.2) is 18.2 Å². The molecule has 0 saturated heterocycles. The van der Waals surface area contributed by atoms with E-state index < -0.39 is 4.92 Å². The minimum Gasteiger partial charge on any atom is -1.00 e. The van der Waals surface area contributed by atoms with Crippen LogP contribution in [0, 0.1) is 10.1 Å². The molecule has 0 spiro atoms. The zero-order valence-electron chi connectivity index (χ0n) is 11.9. The monoisotopic (exact) mass is 390 g/mol. The van der Waals surface area contributed by atoms with E-state index >= 15 is 0 Å². The number of aryl methyl sites for hydroxylation is 1. The van der Waals surface area contributed by atoms with Gasteiger partial charge in [0.15, 0.2) is 6.04 Å². The predicted octanol–water partition coefficient (Wildman–Crippen LogP) is -0.807. The number of hydrogen-bond acceptors (Lipinski definition) is 3. The fourth-order valence-corrected chi connectivity index (χ4v) is 2.62. The van der Waals surface area contributed by atoms with Crippen LogP contribution in [0.2, 0.25) is 0 Å². The molecule has 1 aliphatic rings. The molecular formula is C14H19IN2O3. The number of benzene rings is 1. The highest BCUT2D eigenvalue weighted by atomic mass is 127. The minimum atomic E-state index is -0.447. The number of likely N-dealkylation sites (N-methyl/N-ethyl adjacent to an activating group) is 1. The Morgan fingerprint density at radius 3 is 2.60 bits per heavy atom. The summed E-state index contributed by atoms with van der Waals surface area (Å²) in [5.74, 6) is 0.0387. The van der Waals surface area contributed by atoms with Crippen LogP contribution in [-0.2, 0) is 6.42 Å². The fraction of sp³-hybridized carbons (Fsp3) is 0.500. The van der Waals surface area contributed by atoms with E-state index in [1.807, 2.05) is 14.1 Å². The normalized spacial score (nSPS) is 18.1. The SMILES string of the molecule is CC[N+](C)(C)C1CCc2ccc([N+](=O)[O-])cc2C1=O.[I-]. The van der Waals surface area contributed by atoms with Crippen LogP contribution >= 0.6 is 0 Å². The second-order valence-corrected chi connectivity index (χ2v) is 5.61. The van der Waals surface area contributed by atoms with Crippen LogP contribution in [0.5, 0.6) is 0 Å². The van der Waals surface area contributed by atoms with Crippen molar-refractivity contribution in [2.45, 2.75) is 25.8 Å². The van der Waals surface area contributed by atoms with Crippen molar-refractivity contribution in [3.63, 3.8) is 0 Å². The van der Waals surface area contributed by atoms with Crippen LogP contribution in [0.1, 0.15) is 29.3 Å². The summed E-state index contributed by atoms with van der Waals surface area (Å²) in [4.78, 5) is 22.9. The molecule has 0 bridgehead atoms. The summed E-state index contributed by atoms with van der Waals surface area (Å²) in [7, 11) is 4.07. The van der Waals surface area contributed by atoms with E-state index in [4.69, 9.17) is 0 Å². The van der Waals surface area contributed by atoms with Gasteiger partial charge in [-0.1, -0.05) is 6.07 Å². The third kappa shape index (κ3) is 3.01. The Morgan fingerprint density at radius 1 is 1.40 bits per heavy atom. The molecule has 2 rings (SSSR count). The Labute approximate surface area is 135 Å². The Morgan fingerprint density at radius 2 is 2.05 bits per heavy atom. The van der Waals surface area contributed by atoms with Gasteiger partial charge in [0, 0.05) is 24.1 Å². The predicted molar refractivity (Wildman–Crippen MR) is 72.2 cm³/mol. The van der Waals surface area contributed by atoms with Gasteiger partial charge in [-0.25, -0.2) is 0 Å². The first kappa shape index (κ1) is 17.0.